The second-order valence-corrected chi connectivity index (χ2v) is 5.61. The summed E-state index contributed by atoms with van der Waals surface area (Å²) in [6.07, 6.45) is 0. The van der Waals surface area contributed by atoms with Gasteiger partial charge in [-0.05, 0) is 31.0 Å². The third kappa shape index (κ3) is 4.38. The van der Waals surface area contributed by atoms with E-state index in [1.54, 1.807) is 0 Å². The Morgan fingerprint density at radius 3 is 2.29 bits per heavy atom. The van der Waals surface area contributed by atoms with Crippen molar-refractivity contribution in [3.8, 4) is 0 Å². The zero-order valence-electron chi connectivity index (χ0n) is 12.7. The van der Waals surface area contributed by atoms with Gasteiger partial charge in [0.15, 0.2) is 0 Å². The van der Waals surface area contributed by atoms with E-state index in [0.29, 0.717) is 19.1 Å². The largest absolute Gasteiger partial charge is 0.326 e. The normalized spacial score (nSPS) is 11.3. The molecule has 2 N–H and O–H groups in total. The molecule has 0 amide bonds. The second kappa shape index (κ2) is 7.34. The minimum Gasteiger partial charge on any atom is -0.326 e. The zero-order chi connectivity index (χ0) is 15.2. The van der Waals surface area contributed by atoms with Crippen molar-refractivity contribution in [2.75, 3.05) is 0 Å². The molecule has 0 aliphatic carbocycles. The van der Waals surface area contributed by atoms with E-state index in [2.05, 4.69) is 30.9 Å². The van der Waals surface area contributed by atoms with Gasteiger partial charge < -0.3 is 5.73 Å². The van der Waals surface area contributed by atoms with Crippen molar-refractivity contribution >= 4 is 0 Å². The number of nitrogens with two attached hydrogens (primary N) is 1. The van der Waals surface area contributed by atoms with Crippen LogP contribution in [0.3, 0.4) is 0 Å². The van der Waals surface area contributed by atoms with E-state index in [1.807, 2.05) is 30.3 Å². The highest BCUT2D eigenvalue weighted by molar-refractivity contribution is 5.24. The van der Waals surface area contributed by atoms with Gasteiger partial charge >= 0.3 is 0 Å². The lowest BCUT2D eigenvalue weighted by atomic mass is 10.1. The van der Waals surface area contributed by atoms with Gasteiger partial charge in [-0.1, -0.05) is 42.5 Å². The summed E-state index contributed by atoms with van der Waals surface area (Å²) in [5, 5.41) is 0. The van der Waals surface area contributed by atoms with Crippen LogP contribution in [0.15, 0.2) is 48.5 Å². The topological polar surface area (TPSA) is 29.3 Å². The van der Waals surface area contributed by atoms with Gasteiger partial charge in [0.05, 0.1) is 0 Å². The number of hydrogen-bond donors (Lipinski definition) is 1. The number of benzene rings is 2. The summed E-state index contributed by atoms with van der Waals surface area (Å²) in [5.41, 5.74) is 8.33. The van der Waals surface area contributed by atoms with Gasteiger partial charge in [-0.15, -0.1) is 0 Å². The van der Waals surface area contributed by atoms with Crippen molar-refractivity contribution < 1.29 is 4.39 Å². The van der Waals surface area contributed by atoms with Crippen LogP contribution in [0.2, 0.25) is 0 Å². The molecule has 2 aromatic rings. The molecule has 0 saturated heterocycles. The summed E-state index contributed by atoms with van der Waals surface area (Å²) in [7, 11) is 0. The van der Waals surface area contributed by atoms with Crippen LogP contribution >= 0.6 is 0 Å². The van der Waals surface area contributed by atoms with Crippen LogP contribution in [0.25, 0.3) is 0 Å². The molecular weight excluding hydrogens is 263 g/mol. The lowest BCUT2D eigenvalue weighted by molar-refractivity contribution is 0.201. The molecular formula is C18H23FN2. The van der Waals surface area contributed by atoms with Crippen molar-refractivity contribution in [1.29, 1.82) is 0 Å². The zero-order valence-corrected chi connectivity index (χ0v) is 12.7. The van der Waals surface area contributed by atoms with Crippen molar-refractivity contribution in [2.45, 2.75) is 39.5 Å². The molecule has 2 nitrogen and oxygen atoms in total. The molecule has 112 valence electrons. The van der Waals surface area contributed by atoms with Crippen molar-refractivity contribution in [2.24, 2.45) is 5.73 Å². The molecule has 0 saturated carbocycles. The van der Waals surface area contributed by atoms with E-state index in [9.17, 15) is 4.39 Å². The summed E-state index contributed by atoms with van der Waals surface area (Å²) in [4.78, 5) is 2.26. The Labute approximate surface area is 126 Å². The molecule has 2 aromatic carbocycles. The summed E-state index contributed by atoms with van der Waals surface area (Å²) < 4.78 is 14.1. The minimum atomic E-state index is -0.170. The molecule has 0 aliphatic rings. The first kappa shape index (κ1) is 15.7. The average Bonchev–Trinajstić information content (AvgIpc) is 2.49. The number of hydrogen-bond acceptors (Lipinski definition) is 2. The first-order chi connectivity index (χ1) is 10.1. The first-order valence-electron chi connectivity index (χ1n) is 7.35. The van der Waals surface area contributed by atoms with Crippen LogP contribution in [0, 0.1) is 5.82 Å². The Hall–Kier alpha value is -1.71. The summed E-state index contributed by atoms with van der Waals surface area (Å²) in [6.45, 7) is 6.05. The van der Waals surface area contributed by atoms with Gasteiger partial charge in [-0.3, -0.25) is 4.90 Å². The van der Waals surface area contributed by atoms with Crippen LogP contribution in [-0.2, 0) is 19.6 Å². The highest BCUT2D eigenvalue weighted by Gasteiger charge is 2.13. The quantitative estimate of drug-likeness (QED) is 0.877. The lowest BCUT2D eigenvalue weighted by Crippen LogP contribution is -2.30. The molecule has 3 heteroatoms. The molecule has 0 atom stereocenters. The van der Waals surface area contributed by atoms with E-state index < -0.39 is 0 Å². The van der Waals surface area contributed by atoms with Crippen LogP contribution in [0.5, 0.6) is 0 Å². The van der Waals surface area contributed by atoms with E-state index >= 15 is 0 Å². The highest BCUT2D eigenvalue weighted by Crippen LogP contribution is 2.17. The SMILES string of the molecule is CC(C)N(Cc1ccccc1)Cc1ccc(CN)cc1F. The molecule has 0 aliphatic heterocycles. The second-order valence-electron chi connectivity index (χ2n) is 5.61. The Morgan fingerprint density at radius 2 is 1.71 bits per heavy atom. The Bertz CT molecular complexity index is 567. The maximum absolute atomic E-state index is 14.1. The Balaban J connectivity index is 2.13. The minimum absolute atomic E-state index is 0.170. The molecule has 0 radical (unpaired) electrons. The lowest BCUT2D eigenvalue weighted by Gasteiger charge is -2.27. The predicted octanol–water partition coefficient (Wildman–Crippen LogP) is 3.70. The summed E-state index contributed by atoms with van der Waals surface area (Å²) in [6, 6.07) is 15.9. The third-order valence-electron chi connectivity index (χ3n) is 3.69. The van der Waals surface area contributed by atoms with E-state index in [0.717, 1.165) is 17.7 Å². The van der Waals surface area contributed by atoms with Crippen LogP contribution in [0.1, 0.15) is 30.5 Å². The van der Waals surface area contributed by atoms with Crippen molar-refractivity contribution in [3.63, 3.8) is 0 Å². The third-order valence-corrected chi connectivity index (χ3v) is 3.69. The number of rotatable bonds is 6. The monoisotopic (exact) mass is 286 g/mol. The maximum Gasteiger partial charge on any atom is 0.128 e. The molecule has 0 bridgehead atoms. The van der Waals surface area contributed by atoms with Gasteiger partial charge in [0.25, 0.3) is 0 Å². The summed E-state index contributed by atoms with van der Waals surface area (Å²) >= 11 is 0. The average molecular weight is 286 g/mol. The molecule has 0 spiro atoms. The fourth-order valence-electron chi connectivity index (χ4n) is 2.30. The van der Waals surface area contributed by atoms with E-state index in [4.69, 9.17) is 5.73 Å². The fraction of sp³-hybridized carbons (Fsp3) is 0.333. The summed E-state index contributed by atoms with van der Waals surface area (Å²) in [5.74, 6) is -0.170. The van der Waals surface area contributed by atoms with E-state index in [-0.39, 0.29) is 5.82 Å². The van der Waals surface area contributed by atoms with Gasteiger partial charge in [0, 0.05) is 31.2 Å². The maximum atomic E-state index is 14.1. The highest BCUT2D eigenvalue weighted by atomic mass is 19.1. The van der Waals surface area contributed by atoms with Crippen LogP contribution in [-0.4, -0.2) is 10.9 Å². The van der Waals surface area contributed by atoms with Crippen molar-refractivity contribution in [1.82, 2.24) is 4.90 Å². The van der Waals surface area contributed by atoms with Gasteiger partial charge in [-0.2, -0.15) is 0 Å². The van der Waals surface area contributed by atoms with Gasteiger partial charge in [-0.25, -0.2) is 4.39 Å². The Kier molecular flexibility index (Phi) is 5.48. The number of nitrogens with zero attached hydrogens (tertiary/aromatic N) is 1. The smallest absolute Gasteiger partial charge is 0.128 e. The van der Waals surface area contributed by atoms with Gasteiger partial charge in [0.1, 0.15) is 5.82 Å². The molecule has 21 heavy (non-hydrogen) atoms. The standard InChI is InChI=1S/C18H23FN2/c1-14(2)21(12-15-6-4-3-5-7-15)13-17-9-8-16(11-20)10-18(17)19/h3-10,14H,11-13,20H2,1-2H3. The molecule has 0 unspecified atom stereocenters. The van der Waals surface area contributed by atoms with Crippen molar-refractivity contribution in [3.05, 3.63) is 71.0 Å². The van der Waals surface area contributed by atoms with Crippen LogP contribution in [0.4, 0.5) is 4.39 Å². The fourth-order valence-corrected chi connectivity index (χ4v) is 2.30. The molecule has 0 heterocycles. The predicted molar refractivity (Wildman–Crippen MR) is 85.1 cm³/mol. The van der Waals surface area contributed by atoms with Gasteiger partial charge in [0.2, 0.25) is 0 Å². The molecule has 0 fully saturated rings. The molecule has 0 aromatic heterocycles. The molecule has 2 rings (SSSR count). The number of halogens is 1. The first-order valence-corrected chi connectivity index (χ1v) is 7.35. The van der Waals surface area contributed by atoms with Crippen LogP contribution < -0.4 is 5.73 Å². The Morgan fingerprint density at radius 1 is 1.00 bits per heavy atom. The van der Waals surface area contributed by atoms with E-state index in [1.165, 1.54) is 11.6 Å².